The number of thiophene rings is 1. The molecule has 2 N–H and O–H groups in total. The highest BCUT2D eigenvalue weighted by Crippen LogP contribution is 2.28. The third-order valence-electron chi connectivity index (χ3n) is 5.21. The average Bonchev–Trinajstić information content (AvgIpc) is 3.49. The maximum absolute atomic E-state index is 13.3. The van der Waals surface area contributed by atoms with Crippen molar-refractivity contribution in [3.8, 4) is 22.0 Å². The number of amides is 1. The van der Waals surface area contributed by atoms with Crippen molar-refractivity contribution in [2.75, 3.05) is 5.32 Å². The third kappa shape index (κ3) is 4.72. The van der Waals surface area contributed by atoms with E-state index in [1.807, 2.05) is 60.0 Å². The molecule has 8 heteroatoms. The van der Waals surface area contributed by atoms with Crippen LogP contribution in [0.2, 0.25) is 0 Å². The molecule has 168 valence electrons. The van der Waals surface area contributed by atoms with Gasteiger partial charge >= 0.3 is 0 Å². The quantitative estimate of drug-likeness (QED) is 0.369. The first-order valence-corrected chi connectivity index (χ1v) is 11.6. The molecule has 0 aliphatic heterocycles. The lowest BCUT2D eigenvalue weighted by Crippen LogP contribution is -2.12. The van der Waals surface area contributed by atoms with Gasteiger partial charge in [-0.2, -0.15) is 5.10 Å². The molecule has 3 heterocycles. The van der Waals surface area contributed by atoms with Crippen molar-refractivity contribution >= 4 is 22.9 Å². The van der Waals surface area contributed by atoms with Gasteiger partial charge in [-0.1, -0.05) is 48.5 Å². The summed E-state index contributed by atoms with van der Waals surface area (Å²) in [5, 5.41) is 9.65. The standard InChI is InChI=1S/C26H21N5O2S/c1-17-13-23(32)29-25(27-17)19-9-5-10-20(14-19)28-26(33)21-16-31(15-18-7-3-2-4-8-18)30-24(21)22-11-6-12-34-22/h2-14,16H,15H2,1H3,(H,28,33)(H,27,29,32). The Labute approximate surface area is 199 Å². The number of carbonyl (C=O) groups is 1. The zero-order valence-electron chi connectivity index (χ0n) is 18.4. The molecule has 5 aromatic rings. The molecule has 7 nitrogen and oxygen atoms in total. The molecule has 0 aliphatic carbocycles. The molecule has 2 aromatic carbocycles. The number of hydrogen-bond donors (Lipinski definition) is 2. The number of nitrogens with one attached hydrogen (secondary N) is 2. The predicted molar refractivity (Wildman–Crippen MR) is 134 cm³/mol. The first-order valence-electron chi connectivity index (χ1n) is 10.7. The van der Waals surface area contributed by atoms with E-state index < -0.39 is 0 Å². The molecule has 0 atom stereocenters. The van der Waals surface area contributed by atoms with Crippen LogP contribution in [0, 0.1) is 6.92 Å². The number of nitrogens with zero attached hydrogens (tertiary/aromatic N) is 3. The topological polar surface area (TPSA) is 92.7 Å². The fourth-order valence-corrected chi connectivity index (χ4v) is 4.42. The fourth-order valence-electron chi connectivity index (χ4n) is 3.69. The molecule has 0 saturated heterocycles. The van der Waals surface area contributed by atoms with Crippen LogP contribution >= 0.6 is 11.3 Å². The molecule has 3 aromatic heterocycles. The van der Waals surface area contributed by atoms with Crippen LogP contribution in [0.15, 0.2) is 89.2 Å². The van der Waals surface area contributed by atoms with E-state index in [4.69, 9.17) is 5.10 Å². The normalized spacial score (nSPS) is 10.9. The van der Waals surface area contributed by atoms with Gasteiger partial charge in [0.05, 0.1) is 17.0 Å². The van der Waals surface area contributed by atoms with Gasteiger partial charge in [-0.25, -0.2) is 4.98 Å². The van der Waals surface area contributed by atoms with Gasteiger partial charge in [0.2, 0.25) is 0 Å². The second-order valence-electron chi connectivity index (χ2n) is 7.82. The minimum Gasteiger partial charge on any atom is -0.322 e. The summed E-state index contributed by atoms with van der Waals surface area (Å²) in [7, 11) is 0. The van der Waals surface area contributed by atoms with E-state index in [-0.39, 0.29) is 11.5 Å². The molecule has 1 amide bonds. The van der Waals surface area contributed by atoms with Crippen molar-refractivity contribution in [3.63, 3.8) is 0 Å². The second kappa shape index (κ2) is 9.29. The minimum absolute atomic E-state index is 0.219. The molecule has 5 rings (SSSR count). The molecule has 0 aliphatic rings. The van der Waals surface area contributed by atoms with Crippen LogP contribution in [0.4, 0.5) is 5.69 Å². The Morgan fingerprint density at radius 2 is 1.91 bits per heavy atom. The van der Waals surface area contributed by atoms with Gasteiger partial charge in [-0.3, -0.25) is 14.3 Å². The lowest BCUT2D eigenvalue weighted by molar-refractivity contribution is 0.102. The summed E-state index contributed by atoms with van der Waals surface area (Å²) >= 11 is 1.54. The van der Waals surface area contributed by atoms with Crippen LogP contribution in [0.25, 0.3) is 22.0 Å². The number of aryl methyl sites for hydroxylation is 1. The minimum atomic E-state index is -0.259. The van der Waals surface area contributed by atoms with Crippen LogP contribution in [-0.4, -0.2) is 25.7 Å². The van der Waals surface area contributed by atoms with Crippen molar-refractivity contribution < 1.29 is 4.79 Å². The Morgan fingerprint density at radius 1 is 1.06 bits per heavy atom. The van der Waals surface area contributed by atoms with E-state index in [1.165, 1.54) is 17.4 Å². The molecular formula is C26H21N5O2S. The maximum atomic E-state index is 13.3. The summed E-state index contributed by atoms with van der Waals surface area (Å²) in [6, 6.07) is 22.6. The number of aromatic amines is 1. The molecule has 0 fully saturated rings. The number of carbonyl (C=O) groups excluding carboxylic acids is 1. The first kappa shape index (κ1) is 21.5. The van der Waals surface area contributed by atoms with Crippen molar-refractivity contribution in [3.05, 3.63) is 112 Å². The summed E-state index contributed by atoms with van der Waals surface area (Å²) in [6.07, 6.45) is 1.78. The first-order chi connectivity index (χ1) is 16.5. The largest absolute Gasteiger partial charge is 0.322 e. The lowest BCUT2D eigenvalue weighted by atomic mass is 10.1. The molecule has 0 radical (unpaired) electrons. The van der Waals surface area contributed by atoms with Gasteiger partial charge in [-0.15, -0.1) is 11.3 Å². The monoisotopic (exact) mass is 467 g/mol. The van der Waals surface area contributed by atoms with Crippen LogP contribution in [0.3, 0.4) is 0 Å². The summed E-state index contributed by atoms with van der Waals surface area (Å²) in [5.74, 6) is 0.196. The van der Waals surface area contributed by atoms with E-state index >= 15 is 0 Å². The van der Waals surface area contributed by atoms with Crippen LogP contribution in [0.1, 0.15) is 21.6 Å². The Balaban J connectivity index is 1.45. The van der Waals surface area contributed by atoms with E-state index in [9.17, 15) is 9.59 Å². The molecule has 0 spiro atoms. The predicted octanol–water partition coefficient (Wildman–Crippen LogP) is 4.97. The van der Waals surface area contributed by atoms with Crippen molar-refractivity contribution in [2.24, 2.45) is 0 Å². The Hall–Kier alpha value is -4.30. The molecule has 0 bridgehead atoms. The van der Waals surface area contributed by atoms with Gasteiger partial charge in [0.25, 0.3) is 11.5 Å². The Kier molecular flexibility index (Phi) is 5.88. The maximum Gasteiger partial charge on any atom is 0.259 e. The summed E-state index contributed by atoms with van der Waals surface area (Å²) in [6.45, 7) is 2.33. The van der Waals surface area contributed by atoms with E-state index in [2.05, 4.69) is 15.3 Å². The SMILES string of the molecule is Cc1cc(=O)[nH]c(-c2cccc(NC(=O)c3cn(Cc4ccccc4)nc3-c3cccs3)c2)n1. The van der Waals surface area contributed by atoms with E-state index in [0.717, 1.165) is 10.4 Å². The van der Waals surface area contributed by atoms with Crippen LogP contribution in [0.5, 0.6) is 0 Å². The van der Waals surface area contributed by atoms with E-state index in [1.54, 1.807) is 29.9 Å². The Bertz CT molecular complexity index is 1500. The van der Waals surface area contributed by atoms with Crippen LogP contribution in [-0.2, 0) is 6.54 Å². The molecule has 0 saturated carbocycles. The zero-order valence-corrected chi connectivity index (χ0v) is 19.2. The van der Waals surface area contributed by atoms with Gasteiger partial charge in [0, 0.05) is 29.2 Å². The van der Waals surface area contributed by atoms with Crippen molar-refractivity contribution in [1.29, 1.82) is 0 Å². The zero-order chi connectivity index (χ0) is 23.5. The number of anilines is 1. The van der Waals surface area contributed by atoms with Gasteiger partial charge < -0.3 is 10.3 Å². The highest BCUT2D eigenvalue weighted by atomic mass is 32.1. The summed E-state index contributed by atoms with van der Waals surface area (Å²) < 4.78 is 1.79. The summed E-state index contributed by atoms with van der Waals surface area (Å²) in [5.41, 5.74) is 3.94. The van der Waals surface area contributed by atoms with Crippen molar-refractivity contribution in [1.82, 2.24) is 19.7 Å². The van der Waals surface area contributed by atoms with Gasteiger partial charge in [0.1, 0.15) is 11.5 Å². The number of rotatable bonds is 6. The van der Waals surface area contributed by atoms with E-state index in [0.29, 0.717) is 40.6 Å². The lowest BCUT2D eigenvalue weighted by Gasteiger charge is -2.07. The molecular weight excluding hydrogens is 446 g/mol. The van der Waals surface area contributed by atoms with Crippen molar-refractivity contribution in [2.45, 2.75) is 13.5 Å². The number of benzene rings is 2. The average molecular weight is 468 g/mol. The highest BCUT2D eigenvalue weighted by Gasteiger charge is 2.19. The third-order valence-corrected chi connectivity index (χ3v) is 6.09. The molecule has 0 unspecified atom stereocenters. The number of aromatic nitrogens is 4. The van der Waals surface area contributed by atoms with Crippen LogP contribution < -0.4 is 10.9 Å². The smallest absolute Gasteiger partial charge is 0.259 e. The number of hydrogen-bond acceptors (Lipinski definition) is 5. The Morgan fingerprint density at radius 3 is 2.68 bits per heavy atom. The highest BCUT2D eigenvalue weighted by molar-refractivity contribution is 7.13. The molecule has 34 heavy (non-hydrogen) atoms. The number of H-pyrrole nitrogens is 1. The summed E-state index contributed by atoms with van der Waals surface area (Å²) in [4.78, 5) is 33.2. The van der Waals surface area contributed by atoms with Gasteiger partial charge in [-0.05, 0) is 36.1 Å². The second-order valence-corrected chi connectivity index (χ2v) is 8.77. The fraction of sp³-hybridized carbons (Fsp3) is 0.0769. The van der Waals surface area contributed by atoms with Gasteiger partial charge in [0.15, 0.2) is 0 Å².